The van der Waals surface area contributed by atoms with Crippen molar-refractivity contribution < 1.29 is 22.7 Å². The van der Waals surface area contributed by atoms with Crippen molar-refractivity contribution in [3.8, 4) is 5.75 Å². The molecule has 1 atom stereocenters. The Hall–Kier alpha value is -4.05. The maximum absolute atomic E-state index is 14.5. The number of amides is 2. The van der Waals surface area contributed by atoms with Crippen molar-refractivity contribution in [3.63, 3.8) is 0 Å². The molecule has 0 bridgehead atoms. The molecule has 0 radical (unpaired) electrons. The molecule has 4 rings (SSSR count). The first kappa shape index (κ1) is 33.8. The Morgan fingerprint density at radius 3 is 2.16 bits per heavy atom. The molecule has 2 amide bonds. The summed E-state index contributed by atoms with van der Waals surface area (Å²) in [6.45, 7) is 1.78. The fourth-order valence-corrected chi connectivity index (χ4v) is 6.50. The smallest absolute Gasteiger partial charge is 0.264 e. The number of sulfonamides is 1. The topological polar surface area (TPSA) is 96.0 Å². The third kappa shape index (κ3) is 8.78. The molecule has 0 fully saturated rings. The molecule has 0 heterocycles. The van der Waals surface area contributed by atoms with Crippen LogP contribution >= 0.6 is 23.2 Å². The van der Waals surface area contributed by atoms with E-state index in [-0.39, 0.29) is 39.5 Å². The standard InChI is InChI=1S/C34H35Cl2N3O5S/c1-3-19-37-34(41)32(21-25-11-6-4-7-12-25)38(23-26-13-10-14-28(20-26)44-2)33(40)24-39(27-17-18-30(35)31(36)22-27)45(42,43)29-15-8-5-9-16-29/h4-18,20,22,32H,3,19,21,23-24H2,1-2H3,(H,37,41)/t32-/m0/s1. The van der Waals surface area contributed by atoms with Gasteiger partial charge < -0.3 is 15.0 Å². The number of rotatable bonds is 14. The number of ether oxygens (including phenoxy) is 1. The molecule has 0 aromatic heterocycles. The highest BCUT2D eigenvalue weighted by atomic mass is 35.5. The van der Waals surface area contributed by atoms with Crippen molar-refractivity contribution >= 4 is 50.7 Å². The van der Waals surface area contributed by atoms with Crippen LogP contribution in [0.5, 0.6) is 5.75 Å². The third-order valence-electron chi connectivity index (χ3n) is 7.11. The normalized spacial score (nSPS) is 11.8. The van der Waals surface area contributed by atoms with Crippen molar-refractivity contribution in [2.24, 2.45) is 0 Å². The summed E-state index contributed by atoms with van der Waals surface area (Å²) in [7, 11) is -2.71. The van der Waals surface area contributed by atoms with Crippen LogP contribution in [0.3, 0.4) is 0 Å². The van der Waals surface area contributed by atoms with E-state index in [2.05, 4.69) is 5.32 Å². The number of carbonyl (C=O) groups excluding carboxylic acids is 2. The number of halogens is 2. The van der Waals surface area contributed by atoms with Gasteiger partial charge in [0.2, 0.25) is 11.8 Å². The van der Waals surface area contributed by atoms with Gasteiger partial charge in [0.1, 0.15) is 18.3 Å². The Kier molecular flexibility index (Phi) is 11.9. The molecule has 0 aliphatic rings. The molecule has 0 unspecified atom stereocenters. The van der Waals surface area contributed by atoms with Crippen molar-refractivity contribution in [3.05, 3.63) is 124 Å². The lowest BCUT2D eigenvalue weighted by Gasteiger charge is -2.34. The summed E-state index contributed by atoms with van der Waals surface area (Å²) in [5.74, 6) is -0.348. The van der Waals surface area contributed by atoms with Crippen LogP contribution in [0.4, 0.5) is 5.69 Å². The van der Waals surface area contributed by atoms with Crippen molar-refractivity contribution in [2.45, 2.75) is 37.2 Å². The van der Waals surface area contributed by atoms with Gasteiger partial charge >= 0.3 is 0 Å². The third-order valence-corrected chi connectivity index (χ3v) is 9.64. The van der Waals surface area contributed by atoms with Gasteiger partial charge in [0, 0.05) is 19.5 Å². The highest BCUT2D eigenvalue weighted by Crippen LogP contribution is 2.31. The molecule has 11 heteroatoms. The summed E-state index contributed by atoms with van der Waals surface area (Å²) in [5.41, 5.74) is 1.70. The van der Waals surface area contributed by atoms with E-state index in [0.717, 1.165) is 9.87 Å². The molecule has 1 N–H and O–H groups in total. The molecule has 4 aromatic carbocycles. The van der Waals surface area contributed by atoms with Gasteiger partial charge in [0.25, 0.3) is 10.0 Å². The molecular weight excluding hydrogens is 633 g/mol. The molecule has 0 saturated heterocycles. The predicted molar refractivity (Wildman–Crippen MR) is 178 cm³/mol. The minimum Gasteiger partial charge on any atom is -0.497 e. The molecule has 8 nitrogen and oxygen atoms in total. The van der Waals surface area contributed by atoms with E-state index in [1.54, 1.807) is 43.5 Å². The minimum absolute atomic E-state index is 0.00950. The van der Waals surface area contributed by atoms with Gasteiger partial charge in [-0.1, -0.05) is 90.8 Å². The molecule has 0 aliphatic carbocycles. The first-order valence-corrected chi connectivity index (χ1v) is 16.6. The van der Waals surface area contributed by atoms with Crippen molar-refractivity contribution in [1.82, 2.24) is 10.2 Å². The monoisotopic (exact) mass is 667 g/mol. The second kappa shape index (κ2) is 15.8. The molecule has 45 heavy (non-hydrogen) atoms. The average molecular weight is 669 g/mol. The van der Waals surface area contributed by atoms with E-state index in [1.165, 1.54) is 35.2 Å². The number of anilines is 1. The van der Waals surface area contributed by atoms with Crippen LogP contribution in [-0.4, -0.2) is 51.4 Å². The van der Waals surface area contributed by atoms with Gasteiger partial charge in [-0.05, 0) is 60.0 Å². The molecule has 236 valence electrons. The number of methoxy groups -OCH3 is 1. The van der Waals surface area contributed by atoms with E-state index in [0.29, 0.717) is 24.3 Å². The quantitative estimate of drug-likeness (QED) is 0.169. The predicted octanol–water partition coefficient (Wildman–Crippen LogP) is 6.36. The lowest BCUT2D eigenvalue weighted by molar-refractivity contribution is -0.140. The summed E-state index contributed by atoms with van der Waals surface area (Å²) in [6.07, 6.45) is 0.915. The van der Waals surface area contributed by atoms with E-state index in [1.807, 2.05) is 43.3 Å². The van der Waals surface area contributed by atoms with Gasteiger partial charge in [-0.3, -0.25) is 13.9 Å². The van der Waals surface area contributed by atoms with Gasteiger partial charge in [-0.15, -0.1) is 0 Å². The van der Waals surface area contributed by atoms with Crippen LogP contribution in [0.15, 0.2) is 108 Å². The van der Waals surface area contributed by atoms with Gasteiger partial charge in [-0.25, -0.2) is 8.42 Å². The number of hydrogen-bond acceptors (Lipinski definition) is 5. The zero-order valence-electron chi connectivity index (χ0n) is 25.0. The average Bonchev–Trinajstić information content (AvgIpc) is 3.06. The Labute approximate surface area is 274 Å². The summed E-state index contributed by atoms with van der Waals surface area (Å²) in [5, 5.41) is 3.29. The van der Waals surface area contributed by atoms with E-state index in [4.69, 9.17) is 27.9 Å². The Morgan fingerprint density at radius 1 is 0.844 bits per heavy atom. The number of carbonyl (C=O) groups is 2. The van der Waals surface area contributed by atoms with Crippen LogP contribution < -0.4 is 14.4 Å². The minimum atomic E-state index is -4.25. The van der Waals surface area contributed by atoms with Gasteiger partial charge in [-0.2, -0.15) is 0 Å². The molecule has 0 spiro atoms. The first-order chi connectivity index (χ1) is 21.6. The SMILES string of the molecule is CCCNC(=O)[C@H](Cc1ccccc1)N(Cc1cccc(OC)c1)C(=O)CN(c1ccc(Cl)c(Cl)c1)S(=O)(=O)c1ccccc1. The molecule has 0 aliphatic heterocycles. The van der Waals surface area contributed by atoms with Gasteiger partial charge in [0.15, 0.2) is 0 Å². The van der Waals surface area contributed by atoms with E-state index in [9.17, 15) is 18.0 Å². The van der Waals surface area contributed by atoms with Crippen LogP contribution in [0.25, 0.3) is 0 Å². The zero-order valence-corrected chi connectivity index (χ0v) is 27.4. The second-order valence-electron chi connectivity index (χ2n) is 10.3. The van der Waals surface area contributed by atoms with Crippen molar-refractivity contribution in [1.29, 1.82) is 0 Å². The molecular formula is C34H35Cl2N3O5S. The molecule has 0 saturated carbocycles. The van der Waals surface area contributed by atoms with Crippen molar-refractivity contribution in [2.75, 3.05) is 24.5 Å². The Bertz CT molecular complexity index is 1710. The lowest BCUT2D eigenvalue weighted by Crippen LogP contribution is -2.53. The summed E-state index contributed by atoms with van der Waals surface area (Å²) in [4.78, 5) is 29.6. The number of nitrogens with zero attached hydrogens (tertiary/aromatic N) is 2. The second-order valence-corrected chi connectivity index (χ2v) is 13.0. The highest BCUT2D eigenvalue weighted by molar-refractivity contribution is 7.92. The highest BCUT2D eigenvalue weighted by Gasteiger charge is 2.34. The summed E-state index contributed by atoms with van der Waals surface area (Å²) < 4.78 is 34.5. The zero-order chi connectivity index (χ0) is 32.4. The fraction of sp³-hybridized carbons (Fsp3) is 0.235. The van der Waals surface area contributed by atoms with Crippen LogP contribution in [0.2, 0.25) is 10.0 Å². The van der Waals surface area contributed by atoms with Crippen LogP contribution in [-0.2, 0) is 32.6 Å². The van der Waals surface area contributed by atoms with Crippen LogP contribution in [0.1, 0.15) is 24.5 Å². The summed E-state index contributed by atoms with van der Waals surface area (Å²) in [6, 6.07) is 27.8. The fourth-order valence-electron chi connectivity index (χ4n) is 4.78. The first-order valence-electron chi connectivity index (χ1n) is 14.4. The maximum Gasteiger partial charge on any atom is 0.264 e. The molecule has 4 aromatic rings. The Balaban J connectivity index is 1.81. The number of benzene rings is 4. The van der Waals surface area contributed by atoms with E-state index >= 15 is 0 Å². The van der Waals surface area contributed by atoms with Gasteiger partial charge in [0.05, 0.1) is 27.7 Å². The largest absolute Gasteiger partial charge is 0.497 e. The maximum atomic E-state index is 14.5. The number of nitrogens with one attached hydrogen (secondary N) is 1. The Morgan fingerprint density at radius 2 is 1.51 bits per heavy atom. The summed E-state index contributed by atoms with van der Waals surface area (Å²) >= 11 is 12.5. The van der Waals surface area contributed by atoms with Crippen LogP contribution in [0, 0.1) is 0 Å². The number of hydrogen-bond donors (Lipinski definition) is 1. The lowest BCUT2D eigenvalue weighted by atomic mass is 10.0. The van der Waals surface area contributed by atoms with E-state index < -0.39 is 28.5 Å².